The normalized spacial score (nSPS) is 9.86. The van der Waals surface area contributed by atoms with Crippen LogP contribution in [-0.4, -0.2) is 35.2 Å². The number of carbonyl (C=O) groups is 2. The second-order valence-electron chi connectivity index (χ2n) is 4.55. The van der Waals surface area contributed by atoms with Gasteiger partial charge in [-0.15, -0.1) is 0 Å². The van der Waals surface area contributed by atoms with E-state index in [1.807, 2.05) is 6.07 Å². The zero-order valence-electron chi connectivity index (χ0n) is 11.8. The van der Waals surface area contributed by atoms with Crippen molar-refractivity contribution in [3.8, 4) is 6.07 Å². The predicted molar refractivity (Wildman–Crippen MR) is 76.6 cm³/mol. The first-order valence-corrected chi connectivity index (χ1v) is 6.42. The molecule has 0 aliphatic carbocycles. The molecule has 1 aromatic heterocycles. The third kappa shape index (κ3) is 3.15. The van der Waals surface area contributed by atoms with Crippen LogP contribution < -0.4 is 0 Å². The lowest BCUT2D eigenvalue weighted by Crippen LogP contribution is -2.29. The van der Waals surface area contributed by atoms with Gasteiger partial charge in [-0.25, -0.2) is 4.39 Å². The molecule has 0 saturated carbocycles. The maximum absolute atomic E-state index is 12.9. The maximum Gasteiger partial charge on any atom is 0.273 e. The summed E-state index contributed by atoms with van der Waals surface area (Å²) in [6.07, 6.45) is 1.40. The monoisotopic (exact) mass is 297 g/mol. The number of amides is 1. The van der Waals surface area contributed by atoms with Crippen LogP contribution in [-0.2, 0) is 0 Å². The van der Waals surface area contributed by atoms with E-state index in [0.29, 0.717) is 0 Å². The van der Waals surface area contributed by atoms with Gasteiger partial charge in [-0.3, -0.25) is 14.6 Å². The van der Waals surface area contributed by atoms with Crippen LogP contribution in [0.1, 0.15) is 26.4 Å². The van der Waals surface area contributed by atoms with Crippen molar-refractivity contribution in [3.63, 3.8) is 0 Å². The van der Waals surface area contributed by atoms with Crippen molar-refractivity contribution in [1.82, 2.24) is 9.88 Å². The van der Waals surface area contributed by atoms with Gasteiger partial charge < -0.3 is 4.90 Å². The number of rotatable bonds is 4. The SMILES string of the molecule is CN(CC#N)C(=O)c1ncccc1C(=O)c1ccc(F)cc1. The molecule has 0 aliphatic heterocycles. The van der Waals surface area contributed by atoms with E-state index in [0.717, 1.165) is 0 Å². The lowest BCUT2D eigenvalue weighted by atomic mass is 10.0. The van der Waals surface area contributed by atoms with Crippen molar-refractivity contribution in [2.45, 2.75) is 0 Å². The number of hydrogen-bond acceptors (Lipinski definition) is 4. The highest BCUT2D eigenvalue weighted by Crippen LogP contribution is 2.15. The van der Waals surface area contributed by atoms with Crippen molar-refractivity contribution >= 4 is 11.7 Å². The Morgan fingerprint density at radius 1 is 1.27 bits per heavy atom. The minimum atomic E-state index is -0.521. The summed E-state index contributed by atoms with van der Waals surface area (Å²) in [5.41, 5.74) is 0.338. The number of ketones is 1. The van der Waals surface area contributed by atoms with Crippen molar-refractivity contribution in [1.29, 1.82) is 5.26 Å². The molecule has 0 N–H and O–H groups in total. The number of aromatic nitrogens is 1. The van der Waals surface area contributed by atoms with Crippen LogP contribution >= 0.6 is 0 Å². The van der Waals surface area contributed by atoms with E-state index in [2.05, 4.69) is 4.98 Å². The molecule has 0 aliphatic rings. The highest BCUT2D eigenvalue weighted by atomic mass is 19.1. The molecule has 5 nitrogen and oxygen atoms in total. The maximum atomic E-state index is 12.9. The Kier molecular flexibility index (Phi) is 4.59. The number of hydrogen-bond donors (Lipinski definition) is 0. The lowest BCUT2D eigenvalue weighted by molar-refractivity contribution is 0.0801. The highest BCUT2D eigenvalue weighted by Gasteiger charge is 2.22. The van der Waals surface area contributed by atoms with Crippen LogP contribution in [0.3, 0.4) is 0 Å². The average Bonchev–Trinajstić information content (AvgIpc) is 2.54. The molecule has 0 fully saturated rings. The number of nitrogens with zero attached hydrogens (tertiary/aromatic N) is 3. The summed E-state index contributed by atoms with van der Waals surface area (Å²) in [5, 5.41) is 8.65. The molecular formula is C16H12FN3O2. The number of nitriles is 1. The van der Waals surface area contributed by atoms with Crippen LogP contribution in [0.4, 0.5) is 4.39 Å². The standard InChI is InChI=1S/C16H12FN3O2/c1-20(10-8-18)16(22)14-13(3-2-9-19-14)15(21)11-4-6-12(17)7-5-11/h2-7,9H,10H2,1H3. The molecule has 0 saturated heterocycles. The second kappa shape index (κ2) is 6.59. The van der Waals surface area contributed by atoms with Gasteiger partial charge in [-0.05, 0) is 36.4 Å². The van der Waals surface area contributed by atoms with Gasteiger partial charge in [-0.2, -0.15) is 5.26 Å². The topological polar surface area (TPSA) is 74.1 Å². The molecule has 0 spiro atoms. The van der Waals surface area contributed by atoms with Gasteiger partial charge in [0.2, 0.25) is 0 Å². The average molecular weight is 297 g/mol. The smallest absolute Gasteiger partial charge is 0.273 e. The quantitative estimate of drug-likeness (QED) is 0.639. The van der Waals surface area contributed by atoms with E-state index < -0.39 is 17.5 Å². The fraction of sp³-hybridized carbons (Fsp3) is 0.125. The van der Waals surface area contributed by atoms with Crippen molar-refractivity contribution in [2.75, 3.05) is 13.6 Å². The summed E-state index contributed by atoms with van der Waals surface area (Å²) in [4.78, 5) is 29.8. The summed E-state index contributed by atoms with van der Waals surface area (Å²) < 4.78 is 12.9. The molecule has 110 valence electrons. The van der Waals surface area contributed by atoms with Gasteiger partial charge in [0, 0.05) is 18.8 Å². The van der Waals surface area contributed by atoms with E-state index in [9.17, 15) is 14.0 Å². The molecule has 2 rings (SSSR count). The van der Waals surface area contributed by atoms with E-state index in [1.165, 1.54) is 54.5 Å². The lowest BCUT2D eigenvalue weighted by Gasteiger charge is -2.14. The molecule has 22 heavy (non-hydrogen) atoms. The van der Waals surface area contributed by atoms with E-state index in [1.54, 1.807) is 0 Å². The summed E-state index contributed by atoms with van der Waals surface area (Å²) >= 11 is 0. The minimum absolute atomic E-state index is 0.0328. The zero-order valence-corrected chi connectivity index (χ0v) is 11.8. The van der Waals surface area contributed by atoms with Crippen molar-refractivity contribution in [3.05, 3.63) is 65.2 Å². The van der Waals surface area contributed by atoms with E-state index in [4.69, 9.17) is 5.26 Å². The molecule has 1 heterocycles. The number of benzene rings is 1. The van der Waals surface area contributed by atoms with Crippen LogP contribution in [0.25, 0.3) is 0 Å². The Balaban J connectivity index is 2.40. The van der Waals surface area contributed by atoms with Gasteiger partial charge in [0.25, 0.3) is 5.91 Å². The summed E-state index contributed by atoms with van der Waals surface area (Å²) in [6.45, 7) is -0.112. The van der Waals surface area contributed by atoms with Gasteiger partial charge >= 0.3 is 0 Å². The predicted octanol–water partition coefficient (Wildman–Crippen LogP) is 2.05. The largest absolute Gasteiger partial charge is 0.327 e. The first-order valence-electron chi connectivity index (χ1n) is 6.42. The Morgan fingerprint density at radius 2 is 1.95 bits per heavy atom. The Labute approximate surface area is 126 Å². The molecular weight excluding hydrogens is 285 g/mol. The van der Waals surface area contributed by atoms with Crippen LogP contribution in [0.2, 0.25) is 0 Å². The molecule has 0 radical (unpaired) electrons. The Hall–Kier alpha value is -3.07. The summed E-state index contributed by atoms with van der Waals surface area (Å²) in [5.74, 6) is -1.40. The molecule has 2 aromatic rings. The van der Waals surface area contributed by atoms with Crippen molar-refractivity contribution < 1.29 is 14.0 Å². The first-order chi connectivity index (χ1) is 10.5. The fourth-order valence-corrected chi connectivity index (χ4v) is 1.87. The molecule has 0 bridgehead atoms. The van der Waals surface area contributed by atoms with Crippen LogP contribution in [0.15, 0.2) is 42.6 Å². The van der Waals surface area contributed by atoms with Gasteiger partial charge in [0.15, 0.2) is 5.78 Å². The number of pyridine rings is 1. The molecule has 1 aromatic carbocycles. The van der Waals surface area contributed by atoms with E-state index >= 15 is 0 Å². The Bertz CT molecular complexity index is 751. The minimum Gasteiger partial charge on any atom is -0.327 e. The third-order valence-electron chi connectivity index (χ3n) is 3.02. The first kappa shape index (κ1) is 15.3. The molecule has 0 unspecified atom stereocenters. The second-order valence-corrected chi connectivity index (χ2v) is 4.55. The van der Waals surface area contributed by atoms with Crippen LogP contribution in [0, 0.1) is 17.1 Å². The zero-order chi connectivity index (χ0) is 16.1. The van der Waals surface area contributed by atoms with E-state index in [-0.39, 0.29) is 23.4 Å². The van der Waals surface area contributed by atoms with Gasteiger partial charge in [-0.1, -0.05) is 0 Å². The summed E-state index contributed by atoms with van der Waals surface area (Å²) in [6, 6.07) is 9.91. The van der Waals surface area contributed by atoms with Crippen LogP contribution in [0.5, 0.6) is 0 Å². The molecule has 1 amide bonds. The molecule has 6 heteroatoms. The fourth-order valence-electron chi connectivity index (χ4n) is 1.87. The summed E-state index contributed by atoms with van der Waals surface area (Å²) in [7, 11) is 1.45. The molecule has 0 atom stereocenters. The van der Waals surface area contributed by atoms with Gasteiger partial charge in [0.05, 0.1) is 11.6 Å². The Morgan fingerprint density at radius 3 is 2.59 bits per heavy atom. The third-order valence-corrected chi connectivity index (χ3v) is 3.02. The highest BCUT2D eigenvalue weighted by molar-refractivity contribution is 6.14. The number of halogens is 1. The van der Waals surface area contributed by atoms with Gasteiger partial charge in [0.1, 0.15) is 18.1 Å². The van der Waals surface area contributed by atoms with Crippen molar-refractivity contribution in [2.24, 2.45) is 0 Å². The number of carbonyl (C=O) groups excluding carboxylic acids is 2.